The van der Waals surface area contributed by atoms with Crippen LogP contribution in [0.3, 0.4) is 0 Å². The number of pyridine rings is 3. The number of hydrogen-bond donors (Lipinski definition) is 1. The molecule has 1 amide bonds. The lowest BCUT2D eigenvalue weighted by atomic mass is 10.0. The monoisotopic (exact) mass is 503 g/mol. The first-order valence-corrected chi connectivity index (χ1v) is 11.6. The molecule has 174 valence electrons. The first-order chi connectivity index (χ1) is 16.9. The average molecular weight is 504 g/mol. The topological polar surface area (TPSA) is 116 Å². The van der Waals surface area contributed by atoms with Gasteiger partial charge in [0.1, 0.15) is 10.9 Å². The number of anilines is 1. The Morgan fingerprint density at radius 3 is 2.60 bits per heavy atom. The number of fused-ring (bicyclic) bond motifs is 1. The van der Waals surface area contributed by atoms with Gasteiger partial charge < -0.3 is 4.74 Å². The number of thiazole rings is 1. The molecule has 5 aromatic heterocycles. The normalized spacial score (nSPS) is 11.0. The molecule has 5 rings (SSSR count). The summed E-state index contributed by atoms with van der Waals surface area (Å²) in [5.41, 5.74) is 5.27. The summed E-state index contributed by atoms with van der Waals surface area (Å²) in [6.07, 6.45) is 6.42. The van der Waals surface area contributed by atoms with Crippen LogP contribution in [0, 0.1) is 13.8 Å². The van der Waals surface area contributed by atoms with Gasteiger partial charge in [-0.2, -0.15) is 4.98 Å². The third kappa shape index (κ3) is 4.66. The molecule has 0 atom stereocenters. The molecular formula is C24H18ClN7O2S. The first-order valence-electron chi connectivity index (χ1n) is 10.5. The molecule has 0 aliphatic carbocycles. The summed E-state index contributed by atoms with van der Waals surface area (Å²) in [4.78, 5) is 40.0. The summed E-state index contributed by atoms with van der Waals surface area (Å²) in [6, 6.07) is 7.26. The molecule has 0 spiro atoms. The van der Waals surface area contributed by atoms with Gasteiger partial charge in [0.05, 0.1) is 30.8 Å². The van der Waals surface area contributed by atoms with Crippen LogP contribution in [0.15, 0.2) is 49.1 Å². The highest BCUT2D eigenvalue weighted by Gasteiger charge is 2.20. The predicted octanol–water partition coefficient (Wildman–Crippen LogP) is 5.14. The van der Waals surface area contributed by atoms with E-state index in [1.165, 1.54) is 30.8 Å². The Labute approximate surface area is 209 Å². The van der Waals surface area contributed by atoms with Gasteiger partial charge in [-0.05, 0) is 38.1 Å². The van der Waals surface area contributed by atoms with Crippen molar-refractivity contribution in [2.45, 2.75) is 13.8 Å². The fourth-order valence-corrected chi connectivity index (χ4v) is 4.49. The molecule has 35 heavy (non-hydrogen) atoms. The molecule has 5 heterocycles. The molecule has 0 aliphatic heterocycles. The Hall–Kier alpha value is -4.02. The third-order valence-corrected chi connectivity index (χ3v) is 6.23. The number of nitrogens with zero attached hydrogens (tertiary/aromatic N) is 6. The fraction of sp³-hybridized carbons (Fsp3) is 0.125. The molecular weight excluding hydrogens is 486 g/mol. The van der Waals surface area contributed by atoms with Crippen LogP contribution in [0.1, 0.15) is 21.7 Å². The quantitative estimate of drug-likeness (QED) is 0.328. The van der Waals surface area contributed by atoms with Crippen molar-refractivity contribution in [3.63, 3.8) is 0 Å². The number of aryl methyl sites for hydroxylation is 2. The maximum atomic E-state index is 13.3. The van der Waals surface area contributed by atoms with Gasteiger partial charge in [-0.1, -0.05) is 22.9 Å². The summed E-state index contributed by atoms with van der Waals surface area (Å²) in [6.45, 7) is 3.76. The molecule has 0 fully saturated rings. The van der Waals surface area contributed by atoms with Crippen LogP contribution in [0.25, 0.3) is 32.9 Å². The molecule has 9 nitrogen and oxygen atoms in total. The molecule has 0 unspecified atom stereocenters. The highest BCUT2D eigenvalue weighted by molar-refractivity contribution is 7.21. The number of rotatable bonds is 5. The number of hydrogen-bond acceptors (Lipinski definition) is 9. The van der Waals surface area contributed by atoms with Crippen molar-refractivity contribution < 1.29 is 9.53 Å². The Bertz CT molecular complexity index is 1590. The van der Waals surface area contributed by atoms with Gasteiger partial charge in [-0.15, -0.1) is 0 Å². The van der Waals surface area contributed by atoms with E-state index in [1.807, 2.05) is 26.0 Å². The van der Waals surface area contributed by atoms with E-state index in [0.29, 0.717) is 43.7 Å². The van der Waals surface area contributed by atoms with E-state index in [2.05, 4.69) is 35.2 Å². The molecule has 0 aromatic carbocycles. The van der Waals surface area contributed by atoms with E-state index in [9.17, 15) is 4.79 Å². The average Bonchev–Trinajstić information content (AvgIpc) is 3.25. The second-order valence-electron chi connectivity index (χ2n) is 7.62. The van der Waals surface area contributed by atoms with E-state index in [4.69, 9.17) is 16.3 Å². The van der Waals surface area contributed by atoms with Crippen molar-refractivity contribution in [3.8, 4) is 28.1 Å². The lowest BCUT2D eigenvalue weighted by Crippen LogP contribution is -2.14. The lowest BCUT2D eigenvalue weighted by molar-refractivity contribution is 0.102. The number of nitrogens with one attached hydrogen (secondary N) is 1. The second kappa shape index (κ2) is 9.32. The smallest absolute Gasteiger partial charge is 0.259 e. The first kappa shape index (κ1) is 22.8. The van der Waals surface area contributed by atoms with Crippen LogP contribution in [-0.4, -0.2) is 42.9 Å². The highest BCUT2D eigenvalue weighted by Crippen LogP contribution is 2.34. The van der Waals surface area contributed by atoms with Gasteiger partial charge in [-0.25, -0.2) is 15.0 Å². The number of ether oxygens (including phenoxy) is 1. The number of methoxy groups -OCH3 is 1. The lowest BCUT2D eigenvalue weighted by Gasteiger charge is -2.13. The molecule has 0 saturated carbocycles. The summed E-state index contributed by atoms with van der Waals surface area (Å²) >= 11 is 7.37. The molecule has 11 heteroatoms. The van der Waals surface area contributed by atoms with Gasteiger partial charge in [0.15, 0.2) is 15.6 Å². The number of halogens is 1. The zero-order chi connectivity index (χ0) is 24.5. The Balaban J connectivity index is 1.48. The number of carbonyl (C=O) groups is 1. The van der Waals surface area contributed by atoms with Crippen molar-refractivity contribution in [3.05, 3.63) is 71.2 Å². The third-order valence-electron chi connectivity index (χ3n) is 5.17. The standard InChI is InChI=1S/C24H18ClN7O2S/c1-12-6-14(4-5-26-12)18-10-29-21-23(30-18)35-24(31-21)32-22(33)17-9-27-13(2)7-15(17)16-8-20(25)28-11-19(16)34-3/h4-11H,1-3H3,(H,29,31,32,33). The van der Waals surface area contributed by atoms with Crippen molar-refractivity contribution >= 4 is 44.5 Å². The van der Waals surface area contributed by atoms with Crippen LogP contribution in [0.2, 0.25) is 5.15 Å². The van der Waals surface area contributed by atoms with Gasteiger partial charge in [0.25, 0.3) is 5.91 Å². The molecule has 0 bridgehead atoms. The van der Waals surface area contributed by atoms with Gasteiger partial charge >= 0.3 is 0 Å². The molecule has 5 aromatic rings. The van der Waals surface area contributed by atoms with Crippen LogP contribution in [0.4, 0.5) is 5.13 Å². The van der Waals surface area contributed by atoms with E-state index in [1.54, 1.807) is 24.5 Å². The Kier molecular flexibility index (Phi) is 6.06. The molecule has 1 N–H and O–H groups in total. The van der Waals surface area contributed by atoms with Gasteiger partial charge in [0, 0.05) is 40.5 Å². The van der Waals surface area contributed by atoms with Crippen molar-refractivity contribution in [1.29, 1.82) is 0 Å². The van der Waals surface area contributed by atoms with Crippen LogP contribution >= 0.6 is 22.9 Å². The molecule has 0 saturated heterocycles. The minimum atomic E-state index is -0.383. The van der Waals surface area contributed by atoms with Crippen molar-refractivity contribution in [2.24, 2.45) is 0 Å². The highest BCUT2D eigenvalue weighted by atomic mass is 35.5. The SMILES string of the molecule is COc1cnc(Cl)cc1-c1cc(C)ncc1C(=O)Nc1nc2ncc(-c3ccnc(C)c3)nc2s1. The van der Waals surface area contributed by atoms with E-state index in [0.717, 1.165) is 17.0 Å². The number of carbonyl (C=O) groups excluding carboxylic acids is 1. The summed E-state index contributed by atoms with van der Waals surface area (Å²) in [5, 5.41) is 3.50. The molecule has 0 radical (unpaired) electrons. The van der Waals surface area contributed by atoms with E-state index >= 15 is 0 Å². The van der Waals surface area contributed by atoms with Crippen LogP contribution in [0.5, 0.6) is 5.75 Å². The minimum absolute atomic E-state index is 0.283. The zero-order valence-electron chi connectivity index (χ0n) is 18.9. The van der Waals surface area contributed by atoms with Crippen molar-refractivity contribution in [1.82, 2.24) is 29.9 Å². The zero-order valence-corrected chi connectivity index (χ0v) is 20.5. The number of aromatic nitrogens is 6. The Morgan fingerprint density at radius 1 is 0.971 bits per heavy atom. The fourth-order valence-electron chi connectivity index (χ4n) is 3.54. The second-order valence-corrected chi connectivity index (χ2v) is 8.99. The predicted molar refractivity (Wildman–Crippen MR) is 135 cm³/mol. The van der Waals surface area contributed by atoms with Crippen molar-refractivity contribution in [2.75, 3.05) is 12.4 Å². The largest absolute Gasteiger partial charge is 0.494 e. The summed E-state index contributed by atoms with van der Waals surface area (Å²) in [5.74, 6) is 0.104. The van der Waals surface area contributed by atoms with E-state index in [-0.39, 0.29) is 11.1 Å². The maximum absolute atomic E-state index is 13.3. The number of amides is 1. The van der Waals surface area contributed by atoms with Crippen LogP contribution < -0.4 is 10.1 Å². The Morgan fingerprint density at radius 2 is 1.80 bits per heavy atom. The van der Waals surface area contributed by atoms with Gasteiger partial charge in [0.2, 0.25) is 0 Å². The molecule has 0 aliphatic rings. The van der Waals surface area contributed by atoms with Gasteiger partial charge in [-0.3, -0.25) is 20.1 Å². The maximum Gasteiger partial charge on any atom is 0.259 e. The minimum Gasteiger partial charge on any atom is -0.494 e. The summed E-state index contributed by atoms with van der Waals surface area (Å²) in [7, 11) is 1.53. The summed E-state index contributed by atoms with van der Waals surface area (Å²) < 4.78 is 5.44. The van der Waals surface area contributed by atoms with E-state index < -0.39 is 0 Å². The van der Waals surface area contributed by atoms with Crippen LogP contribution in [-0.2, 0) is 0 Å².